The van der Waals surface area contributed by atoms with Crippen LogP contribution in [0.1, 0.15) is 18.1 Å². The zero-order chi connectivity index (χ0) is 13.0. The van der Waals surface area contributed by atoms with Crippen molar-refractivity contribution < 1.29 is 0 Å². The summed E-state index contributed by atoms with van der Waals surface area (Å²) in [5.41, 5.74) is 2.73. The van der Waals surface area contributed by atoms with Gasteiger partial charge < -0.3 is 5.32 Å². The maximum absolute atomic E-state index is 3.70. The smallest absolute Gasteiger partial charge is 0.0248 e. The Hall–Kier alpha value is -0.0300. The summed E-state index contributed by atoms with van der Waals surface area (Å²) in [6, 6.07) is 7.40. The standard InChI is InChI=1S/C14H21BrN2S/c1-11-10-18-6-5-17(11)9-13-4-3-12(8-16-2)7-14(13)15/h3-4,7,11,16H,5-6,8-10H2,1-2H3. The Bertz CT molecular complexity index is 397. The fourth-order valence-corrected chi connectivity index (χ4v) is 3.88. The molecule has 18 heavy (non-hydrogen) atoms. The zero-order valence-corrected chi connectivity index (χ0v) is 13.5. The Morgan fingerprint density at radius 3 is 3.00 bits per heavy atom. The van der Waals surface area contributed by atoms with E-state index in [0.29, 0.717) is 6.04 Å². The molecule has 100 valence electrons. The van der Waals surface area contributed by atoms with Crippen LogP contribution in [-0.4, -0.2) is 36.0 Å². The third-order valence-electron chi connectivity index (χ3n) is 3.38. The van der Waals surface area contributed by atoms with Crippen LogP contribution < -0.4 is 5.32 Å². The van der Waals surface area contributed by atoms with Crippen molar-refractivity contribution in [2.24, 2.45) is 0 Å². The molecule has 2 rings (SSSR count). The van der Waals surface area contributed by atoms with Gasteiger partial charge in [-0.3, -0.25) is 4.90 Å². The van der Waals surface area contributed by atoms with Crippen LogP contribution in [0, 0.1) is 0 Å². The minimum Gasteiger partial charge on any atom is -0.316 e. The fraction of sp³-hybridized carbons (Fsp3) is 0.571. The molecule has 1 fully saturated rings. The van der Waals surface area contributed by atoms with Crippen LogP contribution in [0.15, 0.2) is 22.7 Å². The monoisotopic (exact) mass is 328 g/mol. The van der Waals surface area contributed by atoms with E-state index in [4.69, 9.17) is 0 Å². The van der Waals surface area contributed by atoms with Crippen LogP contribution in [0.2, 0.25) is 0 Å². The van der Waals surface area contributed by atoms with Crippen molar-refractivity contribution >= 4 is 27.7 Å². The van der Waals surface area contributed by atoms with Gasteiger partial charge in [0, 0.05) is 41.7 Å². The molecule has 1 aliphatic rings. The topological polar surface area (TPSA) is 15.3 Å². The minimum atomic E-state index is 0.688. The van der Waals surface area contributed by atoms with E-state index in [2.05, 4.69) is 63.0 Å². The lowest BCUT2D eigenvalue weighted by molar-refractivity contribution is 0.223. The summed E-state index contributed by atoms with van der Waals surface area (Å²) in [5.74, 6) is 2.52. The minimum absolute atomic E-state index is 0.688. The Morgan fingerprint density at radius 1 is 1.50 bits per heavy atom. The van der Waals surface area contributed by atoms with Crippen LogP contribution in [0.25, 0.3) is 0 Å². The lowest BCUT2D eigenvalue weighted by atomic mass is 10.1. The first kappa shape index (κ1) is 14.4. The number of hydrogen-bond acceptors (Lipinski definition) is 3. The average Bonchev–Trinajstić information content (AvgIpc) is 2.35. The lowest BCUT2D eigenvalue weighted by Crippen LogP contribution is -2.39. The predicted molar refractivity (Wildman–Crippen MR) is 84.1 cm³/mol. The summed E-state index contributed by atoms with van der Waals surface area (Å²) < 4.78 is 1.24. The molecule has 1 atom stereocenters. The number of rotatable bonds is 4. The predicted octanol–water partition coefficient (Wildman–Crippen LogP) is 3.11. The van der Waals surface area contributed by atoms with E-state index in [1.807, 2.05) is 7.05 Å². The first-order valence-electron chi connectivity index (χ1n) is 6.44. The number of hydrogen-bond donors (Lipinski definition) is 1. The molecule has 4 heteroatoms. The molecule has 1 aliphatic heterocycles. The van der Waals surface area contributed by atoms with E-state index in [9.17, 15) is 0 Å². The highest BCUT2D eigenvalue weighted by molar-refractivity contribution is 9.10. The maximum Gasteiger partial charge on any atom is 0.0248 e. The molecular weight excluding hydrogens is 308 g/mol. The Kier molecular flexibility index (Phi) is 5.55. The molecule has 0 aromatic heterocycles. The summed E-state index contributed by atoms with van der Waals surface area (Å²) >= 11 is 5.77. The van der Waals surface area contributed by atoms with E-state index in [1.165, 1.54) is 33.7 Å². The molecule has 1 saturated heterocycles. The summed E-state index contributed by atoms with van der Waals surface area (Å²) in [5, 5.41) is 3.19. The number of halogens is 1. The highest BCUT2D eigenvalue weighted by Crippen LogP contribution is 2.24. The van der Waals surface area contributed by atoms with Crippen molar-refractivity contribution in [2.75, 3.05) is 25.1 Å². The van der Waals surface area contributed by atoms with E-state index in [-0.39, 0.29) is 0 Å². The molecule has 1 aromatic carbocycles. The second kappa shape index (κ2) is 6.94. The summed E-state index contributed by atoms with van der Waals surface area (Å²) in [6.45, 7) is 5.52. The van der Waals surface area contributed by atoms with Crippen molar-refractivity contribution in [1.29, 1.82) is 0 Å². The molecule has 1 unspecified atom stereocenters. The van der Waals surface area contributed by atoms with E-state index in [1.54, 1.807) is 0 Å². The number of thioether (sulfide) groups is 1. The van der Waals surface area contributed by atoms with Gasteiger partial charge in [-0.15, -0.1) is 0 Å². The van der Waals surface area contributed by atoms with Crippen LogP contribution in [0.5, 0.6) is 0 Å². The molecule has 0 aliphatic carbocycles. The molecule has 0 spiro atoms. The second-order valence-corrected chi connectivity index (χ2v) is 6.85. The van der Waals surface area contributed by atoms with Crippen LogP contribution >= 0.6 is 27.7 Å². The van der Waals surface area contributed by atoms with Crippen LogP contribution in [0.3, 0.4) is 0 Å². The molecule has 1 heterocycles. The van der Waals surface area contributed by atoms with Gasteiger partial charge in [-0.25, -0.2) is 0 Å². The molecular formula is C14H21BrN2S. The largest absolute Gasteiger partial charge is 0.316 e. The first-order valence-corrected chi connectivity index (χ1v) is 8.39. The Labute approximate surface area is 123 Å². The normalized spacial score (nSPS) is 21.2. The third-order valence-corrected chi connectivity index (χ3v) is 5.30. The van der Waals surface area contributed by atoms with Gasteiger partial charge >= 0.3 is 0 Å². The van der Waals surface area contributed by atoms with Gasteiger partial charge in [0.1, 0.15) is 0 Å². The number of nitrogens with zero attached hydrogens (tertiary/aromatic N) is 1. The zero-order valence-electron chi connectivity index (χ0n) is 11.1. The summed E-state index contributed by atoms with van der Waals surface area (Å²) in [7, 11) is 1.98. The SMILES string of the molecule is CNCc1ccc(CN2CCSCC2C)c(Br)c1. The van der Waals surface area contributed by atoms with Crippen LogP contribution in [-0.2, 0) is 13.1 Å². The highest BCUT2D eigenvalue weighted by atomic mass is 79.9. The van der Waals surface area contributed by atoms with Crippen molar-refractivity contribution in [2.45, 2.75) is 26.1 Å². The quantitative estimate of drug-likeness (QED) is 0.914. The number of benzene rings is 1. The summed E-state index contributed by atoms with van der Waals surface area (Å²) in [6.07, 6.45) is 0. The molecule has 1 aromatic rings. The van der Waals surface area contributed by atoms with Gasteiger partial charge in [0.2, 0.25) is 0 Å². The van der Waals surface area contributed by atoms with Gasteiger partial charge in [0.25, 0.3) is 0 Å². The third kappa shape index (κ3) is 3.73. The Morgan fingerprint density at radius 2 is 2.33 bits per heavy atom. The van der Waals surface area contributed by atoms with Gasteiger partial charge in [0.05, 0.1) is 0 Å². The fourth-order valence-electron chi connectivity index (χ4n) is 2.25. The van der Waals surface area contributed by atoms with Crippen molar-refractivity contribution in [3.63, 3.8) is 0 Å². The molecule has 0 radical (unpaired) electrons. The molecule has 0 saturated carbocycles. The summed E-state index contributed by atoms with van der Waals surface area (Å²) in [4.78, 5) is 2.58. The van der Waals surface area contributed by atoms with Crippen molar-refractivity contribution in [3.8, 4) is 0 Å². The molecule has 0 amide bonds. The van der Waals surface area contributed by atoms with Gasteiger partial charge in [-0.05, 0) is 31.2 Å². The maximum atomic E-state index is 3.70. The van der Waals surface area contributed by atoms with Gasteiger partial charge in [0.15, 0.2) is 0 Å². The molecule has 2 nitrogen and oxygen atoms in total. The number of nitrogens with one attached hydrogen (secondary N) is 1. The van der Waals surface area contributed by atoms with Crippen molar-refractivity contribution in [3.05, 3.63) is 33.8 Å². The van der Waals surface area contributed by atoms with Crippen molar-refractivity contribution in [1.82, 2.24) is 10.2 Å². The average molecular weight is 329 g/mol. The van der Waals surface area contributed by atoms with Gasteiger partial charge in [-0.2, -0.15) is 11.8 Å². The van der Waals surface area contributed by atoms with E-state index in [0.717, 1.165) is 13.1 Å². The highest BCUT2D eigenvalue weighted by Gasteiger charge is 2.19. The van der Waals surface area contributed by atoms with E-state index >= 15 is 0 Å². The lowest BCUT2D eigenvalue weighted by Gasteiger charge is -2.33. The van der Waals surface area contributed by atoms with E-state index < -0.39 is 0 Å². The Balaban J connectivity index is 2.04. The second-order valence-electron chi connectivity index (χ2n) is 4.85. The van der Waals surface area contributed by atoms with Crippen LogP contribution in [0.4, 0.5) is 0 Å². The molecule has 0 bridgehead atoms. The first-order chi connectivity index (χ1) is 8.70. The van der Waals surface area contributed by atoms with Gasteiger partial charge in [-0.1, -0.05) is 28.1 Å². The molecule has 1 N–H and O–H groups in total.